The summed E-state index contributed by atoms with van der Waals surface area (Å²) in [5.74, 6) is -0.985. The molecule has 0 spiro atoms. The Kier molecular flexibility index (Phi) is 3.81. The molecule has 1 aromatic carbocycles. The van der Waals surface area contributed by atoms with E-state index in [1.807, 2.05) is 0 Å². The first-order chi connectivity index (χ1) is 7.19. The van der Waals surface area contributed by atoms with E-state index in [0.717, 1.165) is 0 Å². The predicted octanol–water partition coefficient (Wildman–Crippen LogP) is 2.35. The highest BCUT2D eigenvalue weighted by Gasteiger charge is 2.23. The van der Waals surface area contributed by atoms with Crippen molar-refractivity contribution >= 4 is 5.97 Å². The average molecular weight is 207 g/mol. The number of esters is 1. The van der Waals surface area contributed by atoms with Gasteiger partial charge in [0.15, 0.2) is 0 Å². The topological polar surface area (TPSA) is 30.7 Å². The molecule has 0 saturated heterocycles. The second-order valence-corrected chi connectivity index (χ2v) is 2.95. The molecule has 4 heteroatoms. The molecule has 0 aliphatic heterocycles. The molecule has 1 unspecified atom stereocenters. The van der Waals surface area contributed by atoms with E-state index < -0.39 is 17.8 Å². The first-order valence-corrected chi connectivity index (χ1v) is 4.37. The number of carbonyl (C=O) groups is 1. The van der Waals surface area contributed by atoms with Crippen LogP contribution in [0.2, 0.25) is 0 Å². The van der Waals surface area contributed by atoms with Gasteiger partial charge in [-0.05, 0) is 12.1 Å². The average Bonchev–Trinajstić information content (AvgIpc) is 2.26. The van der Waals surface area contributed by atoms with Crippen LogP contribution in [-0.4, -0.2) is 13.1 Å². The van der Waals surface area contributed by atoms with Gasteiger partial charge in [0, 0.05) is 0 Å². The van der Waals surface area contributed by atoms with Gasteiger partial charge in [0.05, 0.1) is 12.7 Å². The summed E-state index contributed by atoms with van der Waals surface area (Å²) in [5, 5.41) is 0. The monoisotopic (exact) mass is 207 g/mol. The van der Waals surface area contributed by atoms with Gasteiger partial charge in [-0.2, -0.15) is 0 Å². The summed E-state index contributed by atoms with van der Waals surface area (Å²) in [7, 11) is 1.24. The first kappa shape index (κ1) is 11.2. The SMILES string of the molecule is [C-]#[N+]C(CC(=O)OC)c1ccccc1F. The van der Waals surface area contributed by atoms with Crippen molar-refractivity contribution in [2.24, 2.45) is 0 Å². The normalized spacial score (nSPS) is 11.5. The second kappa shape index (κ2) is 5.11. The fourth-order valence-electron chi connectivity index (χ4n) is 1.21. The third kappa shape index (κ3) is 2.78. The maximum atomic E-state index is 13.3. The zero-order valence-electron chi connectivity index (χ0n) is 8.24. The molecule has 1 aromatic rings. The molecule has 0 aromatic heterocycles. The van der Waals surface area contributed by atoms with E-state index >= 15 is 0 Å². The summed E-state index contributed by atoms with van der Waals surface area (Å²) in [4.78, 5) is 14.2. The Hall–Kier alpha value is -1.89. The van der Waals surface area contributed by atoms with E-state index in [4.69, 9.17) is 6.57 Å². The van der Waals surface area contributed by atoms with Crippen LogP contribution >= 0.6 is 0 Å². The summed E-state index contributed by atoms with van der Waals surface area (Å²) >= 11 is 0. The minimum Gasteiger partial charge on any atom is -0.469 e. The Morgan fingerprint density at radius 1 is 1.60 bits per heavy atom. The van der Waals surface area contributed by atoms with Gasteiger partial charge in [-0.3, -0.25) is 4.79 Å². The molecule has 0 amide bonds. The minimum absolute atomic E-state index is 0.124. The zero-order chi connectivity index (χ0) is 11.3. The molecular weight excluding hydrogens is 197 g/mol. The fraction of sp³-hybridized carbons (Fsp3) is 0.273. The molecule has 0 bridgehead atoms. The number of carbonyl (C=O) groups excluding carboxylic acids is 1. The van der Waals surface area contributed by atoms with Gasteiger partial charge in [-0.15, -0.1) is 0 Å². The van der Waals surface area contributed by atoms with Crippen LogP contribution in [0.3, 0.4) is 0 Å². The minimum atomic E-state index is -0.807. The van der Waals surface area contributed by atoms with Gasteiger partial charge >= 0.3 is 5.97 Å². The van der Waals surface area contributed by atoms with Crippen molar-refractivity contribution in [2.45, 2.75) is 12.5 Å². The van der Waals surface area contributed by atoms with Crippen molar-refractivity contribution in [3.05, 3.63) is 47.1 Å². The van der Waals surface area contributed by atoms with E-state index in [2.05, 4.69) is 9.58 Å². The number of halogens is 1. The quantitative estimate of drug-likeness (QED) is 0.562. The van der Waals surface area contributed by atoms with Gasteiger partial charge in [-0.1, -0.05) is 12.1 Å². The summed E-state index contributed by atoms with van der Waals surface area (Å²) in [6.45, 7) is 6.91. The Labute approximate surface area is 87.3 Å². The number of hydrogen-bond donors (Lipinski definition) is 0. The number of methoxy groups -OCH3 is 1. The zero-order valence-corrected chi connectivity index (χ0v) is 8.24. The Morgan fingerprint density at radius 2 is 2.27 bits per heavy atom. The van der Waals surface area contributed by atoms with Crippen LogP contribution in [0.25, 0.3) is 4.85 Å². The van der Waals surface area contributed by atoms with Crippen LogP contribution in [0.4, 0.5) is 4.39 Å². The molecule has 0 fully saturated rings. The summed E-state index contributed by atoms with van der Waals surface area (Å²) in [5.41, 5.74) is 0.234. The standard InChI is InChI=1S/C11H10FNO2/c1-13-10(7-11(14)15-2)8-5-3-4-6-9(8)12/h3-6,10H,7H2,2H3. The molecule has 15 heavy (non-hydrogen) atoms. The summed E-state index contributed by atoms with van der Waals surface area (Å²) in [6.07, 6.45) is -0.124. The Bertz CT molecular complexity index is 398. The number of nitrogens with zero attached hydrogens (tertiary/aromatic N) is 1. The van der Waals surface area contributed by atoms with E-state index in [1.165, 1.54) is 25.3 Å². The summed E-state index contributed by atoms with van der Waals surface area (Å²) in [6, 6.07) is 5.14. The molecular formula is C11H10FNO2. The van der Waals surface area contributed by atoms with Crippen molar-refractivity contribution in [1.82, 2.24) is 0 Å². The molecule has 1 atom stereocenters. The lowest BCUT2D eigenvalue weighted by molar-refractivity contribution is -0.140. The van der Waals surface area contributed by atoms with Gasteiger partial charge in [0.1, 0.15) is 12.2 Å². The van der Waals surface area contributed by atoms with Crippen molar-refractivity contribution in [3.8, 4) is 0 Å². The van der Waals surface area contributed by atoms with Crippen LogP contribution < -0.4 is 0 Å². The molecule has 0 aliphatic carbocycles. The molecule has 0 aliphatic rings. The largest absolute Gasteiger partial charge is 0.469 e. The van der Waals surface area contributed by atoms with Crippen LogP contribution in [0, 0.1) is 12.4 Å². The van der Waals surface area contributed by atoms with Crippen LogP contribution in [0.1, 0.15) is 18.0 Å². The van der Waals surface area contributed by atoms with Gasteiger partial charge in [-0.25, -0.2) is 11.0 Å². The molecule has 3 nitrogen and oxygen atoms in total. The fourth-order valence-corrected chi connectivity index (χ4v) is 1.21. The highest BCUT2D eigenvalue weighted by atomic mass is 19.1. The number of hydrogen-bond acceptors (Lipinski definition) is 2. The second-order valence-electron chi connectivity index (χ2n) is 2.95. The van der Waals surface area contributed by atoms with E-state index in [0.29, 0.717) is 0 Å². The number of ether oxygens (including phenoxy) is 1. The van der Waals surface area contributed by atoms with Crippen LogP contribution in [0.15, 0.2) is 24.3 Å². The maximum absolute atomic E-state index is 13.3. The molecule has 0 heterocycles. The van der Waals surface area contributed by atoms with E-state index in [1.54, 1.807) is 6.07 Å². The molecule has 0 N–H and O–H groups in total. The Morgan fingerprint density at radius 3 is 2.80 bits per heavy atom. The molecule has 78 valence electrons. The smallest absolute Gasteiger partial charge is 0.313 e. The lowest BCUT2D eigenvalue weighted by Crippen LogP contribution is -2.07. The Balaban J connectivity index is 2.89. The predicted molar refractivity (Wildman–Crippen MR) is 52.4 cm³/mol. The highest BCUT2D eigenvalue weighted by Crippen LogP contribution is 2.24. The highest BCUT2D eigenvalue weighted by molar-refractivity contribution is 5.70. The van der Waals surface area contributed by atoms with Crippen molar-refractivity contribution in [2.75, 3.05) is 7.11 Å². The molecule has 0 radical (unpaired) electrons. The maximum Gasteiger partial charge on any atom is 0.313 e. The van der Waals surface area contributed by atoms with Crippen molar-refractivity contribution < 1.29 is 13.9 Å². The van der Waals surface area contributed by atoms with Crippen LogP contribution in [-0.2, 0) is 9.53 Å². The number of rotatable bonds is 3. The number of benzene rings is 1. The molecule has 1 rings (SSSR count). The van der Waals surface area contributed by atoms with Gasteiger partial charge < -0.3 is 9.58 Å². The third-order valence-electron chi connectivity index (χ3n) is 2.01. The van der Waals surface area contributed by atoms with Crippen molar-refractivity contribution in [3.63, 3.8) is 0 Å². The lowest BCUT2D eigenvalue weighted by Gasteiger charge is -2.05. The van der Waals surface area contributed by atoms with E-state index in [-0.39, 0.29) is 12.0 Å². The molecule has 0 saturated carbocycles. The first-order valence-electron chi connectivity index (χ1n) is 4.37. The lowest BCUT2D eigenvalue weighted by atomic mass is 10.0. The van der Waals surface area contributed by atoms with Gasteiger partial charge in [0.2, 0.25) is 0 Å². The summed E-state index contributed by atoms with van der Waals surface area (Å²) < 4.78 is 17.7. The van der Waals surface area contributed by atoms with E-state index in [9.17, 15) is 9.18 Å². The third-order valence-corrected chi connectivity index (χ3v) is 2.01. The van der Waals surface area contributed by atoms with Crippen LogP contribution in [0.5, 0.6) is 0 Å². The van der Waals surface area contributed by atoms with Gasteiger partial charge in [0.25, 0.3) is 6.04 Å². The van der Waals surface area contributed by atoms with Crippen molar-refractivity contribution in [1.29, 1.82) is 0 Å².